The van der Waals surface area contributed by atoms with Gasteiger partial charge in [0.15, 0.2) is 0 Å². The Balaban J connectivity index is 1.49. The molecule has 8 nitrogen and oxygen atoms in total. The van der Waals surface area contributed by atoms with Gasteiger partial charge in [-0.15, -0.1) is 10.2 Å². The summed E-state index contributed by atoms with van der Waals surface area (Å²) in [5.41, 5.74) is 2.36. The third kappa shape index (κ3) is 4.87. The number of carbonyl (C=O) groups excluding carboxylic acids is 1. The summed E-state index contributed by atoms with van der Waals surface area (Å²) in [5, 5.41) is 10.7. The van der Waals surface area contributed by atoms with Crippen molar-refractivity contribution in [3.05, 3.63) is 64.2 Å². The van der Waals surface area contributed by atoms with E-state index in [1.807, 2.05) is 18.2 Å². The Morgan fingerprint density at radius 1 is 1.19 bits per heavy atom. The summed E-state index contributed by atoms with van der Waals surface area (Å²) in [6.45, 7) is 0. The number of fused-ring (bicyclic) bond motifs is 1. The second-order valence-corrected chi connectivity index (χ2v) is 10.3. The van der Waals surface area contributed by atoms with Gasteiger partial charge in [0.05, 0.1) is 7.11 Å². The standard InChI is InChI=1S/C20H19ClN4O4S2/c1-29-15-9-10-16-13(11-15)3-2-4-17(16)25-31(27,28)20-24-23-19(30-20)22-18(26)12-5-7-14(21)8-6-12/h5-11,17,25H,2-4H2,1H3,(H,22,23,26). The predicted octanol–water partition coefficient (Wildman–Crippen LogP) is 3.81. The van der Waals surface area contributed by atoms with Crippen molar-refractivity contribution in [2.24, 2.45) is 0 Å². The molecule has 162 valence electrons. The fourth-order valence-electron chi connectivity index (χ4n) is 3.42. The number of benzene rings is 2. The average molecular weight is 479 g/mol. The second-order valence-electron chi connectivity index (χ2n) is 6.96. The zero-order chi connectivity index (χ0) is 22.0. The Hall–Kier alpha value is -2.53. The molecule has 1 heterocycles. The van der Waals surface area contributed by atoms with Crippen LogP contribution in [0.2, 0.25) is 5.02 Å². The maximum Gasteiger partial charge on any atom is 0.270 e. The number of sulfonamides is 1. The zero-order valence-electron chi connectivity index (χ0n) is 16.5. The van der Waals surface area contributed by atoms with Crippen LogP contribution in [0.1, 0.15) is 40.4 Å². The first-order valence-corrected chi connectivity index (χ1v) is 12.1. The SMILES string of the molecule is COc1ccc2c(c1)CCCC2NS(=O)(=O)c1nnc(NC(=O)c2ccc(Cl)cc2)s1. The monoisotopic (exact) mass is 478 g/mol. The molecule has 0 saturated heterocycles. The van der Waals surface area contributed by atoms with Gasteiger partial charge in [0.1, 0.15) is 5.75 Å². The number of rotatable bonds is 6. The largest absolute Gasteiger partial charge is 0.497 e. The quantitative estimate of drug-likeness (QED) is 0.521. The maximum atomic E-state index is 12.9. The molecule has 1 aliphatic carbocycles. The third-order valence-electron chi connectivity index (χ3n) is 4.93. The van der Waals surface area contributed by atoms with Gasteiger partial charge >= 0.3 is 0 Å². The van der Waals surface area contributed by atoms with Crippen LogP contribution in [-0.4, -0.2) is 31.6 Å². The lowest BCUT2D eigenvalue weighted by atomic mass is 9.88. The number of aromatic nitrogens is 2. The topological polar surface area (TPSA) is 110 Å². The van der Waals surface area contributed by atoms with Gasteiger partial charge in [0.25, 0.3) is 15.9 Å². The second kappa shape index (κ2) is 8.91. The van der Waals surface area contributed by atoms with Crippen molar-refractivity contribution in [2.75, 3.05) is 12.4 Å². The van der Waals surface area contributed by atoms with Gasteiger partial charge in [-0.2, -0.15) is 0 Å². The molecule has 0 fully saturated rings. The molecule has 1 aromatic heterocycles. The van der Waals surface area contributed by atoms with Crippen molar-refractivity contribution in [3.8, 4) is 5.75 Å². The van der Waals surface area contributed by atoms with E-state index < -0.39 is 15.9 Å². The van der Waals surface area contributed by atoms with Gasteiger partial charge < -0.3 is 4.74 Å². The molecular weight excluding hydrogens is 460 g/mol. The number of anilines is 1. The molecule has 11 heteroatoms. The van der Waals surface area contributed by atoms with Gasteiger partial charge in [-0.3, -0.25) is 10.1 Å². The van der Waals surface area contributed by atoms with Gasteiger partial charge in [-0.05, 0) is 66.8 Å². The fourth-order valence-corrected chi connectivity index (χ4v) is 5.70. The van der Waals surface area contributed by atoms with E-state index >= 15 is 0 Å². The summed E-state index contributed by atoms with van der Waals surface area (Å²) in [6.07, 6.45) is 2.40. The lowest BCUT2D eigenvalue weighted by molar-refractivity contribution is 0.102. The number of nitrogens with zero attached hydrogens (tertiary/aromatic N) is 2. The van der Waals surface area contributed by atoms with E-state index in [9.17, 15) is 13.2 Å². The maximum absolute atomic E-state index is 12.9. The molecular formula is C20H19ClN4O4S2. The molecule has 1 unspecified atom stereocenters. The summed E-state index contributed by atoms with van der Waals surface area (Å²) in [4.78, 5) is 12.3. The average Bonchev–Trinajstić information content (AvgIpc) is 3.23. The number of carbonyl (C=O) groups is 1. The Bertz CT molecular complexity index is 1210. The van der Waals surface area contributed by atoms with Crippen molar-refractivity contribution in [1.29, 1.82) is 0 Å². The molecule has 1 aliphatic rings. The molecule has 2 N–H and O–H groups in total. The van der Waals surface area contributed by atoms with Crippen LogP contribution in [0.25, 0.3) is 0 Å². The van der Waals surface area contributed by atoms with Crippen molar-refractivity contribution in [3.63, 3.8) is 0 Å². The van der Waals surface area contributed by atoms with Gasteiger partial charge in [0, 0.05) is 16.6 Å². The van der Waals surface area contributed by atoms with E-state index in [-0.39, 0.29) is 15.5 Å². The van der Waals surface area contributed by atoms with Crippen LogP contribution in [0.4, 0.5) is 5.13 Å². The van der Waals surface area contributed by atoms with Crippen LogP contribution in [0, 0.1) is 0 Å². The Kier molecular flexibility index (Phi) is 6.24. The summed E-state index contributed by atoms with van der Waals surface area (Å²) in [5.74, 6) is 0.312. The third-order valence-corrected chi connectivity index (χ3v) is 7.85. The zero-order valence-corrected chi connectivity index (χ0v) is 18.9. The number of ether oxygens (including phenoxy) is 1. The number of halogens is 1. The molecule has 0 saturated carbocycles. The number of methoxy groups -OCH3 is 1. The van der Waals surface area contributed by atoms with Crippen molar-refractivity contribution >= 4 is 44.0 Å². The normalized spacial score (nSPS) is 15.9. The molecule has 0 radical (unpaired) electrons. The molecule has 0 bridgehead atoms. The van der Waals surface area contributed by atoms with E-state index in [1.54, 1.807) is 31.4 Å². The van der Waals surface area contributed by atoms with Crippen LogP contribution in [0.15, 0.2) is 46.8 Å². The van der Waals surface area contributed by atoms with Gasteiger partial charge in [-0.25, -0.2) is 13.1 Å². The first-order chi connectivity index (χ1) is 14.9. The Morgan fingerprint density at radius 3 is 2.71 bits per heavy atom. The molecule has 0 aliphatic heterocycles. The molecule has 1 atom stereocenters. The highest BCUT2D eigenvalue weighted by atomic mass is 35.5. The number of amides is 1. The Labute approximate surface area is 188 Å². The summed E-state index contributed by atoms with van der Waals surface area (Å²) in [7, 11) is -2.31. The molecule has 3 aromatic rings. The predicted molar refractivity (Wildman–Crippen MR) is 118 cm³/mol. The molecule has 31 heavy (non-hydrogen) atoms. The molecule has 4 rings (SSSR count). The highest BCUT2D eigenvalue weighted by molar-refractivity contribution is 7.91. The first-order valence-electron chi connectivity index (χ1n) is 9.45. The highest BCUT2D eigenvalue weighted by Gasteiger charge is 2.28. The number of hydrogen-bond donors (Lipinski definition) is 2. The van der Waals surface area contributed by atoms with Crippen LogP contribution in [0.5, 0.6) is 5.75 Å². The van der Waals surface area contributed by atoms with E-state index in [0.29, 0.717) is 17.0 Å². The van der Waals surface area contributed by atoms with Crippen molar-refractivity contribution < 1.29 is 17.9 Å². The molecule has 1 amide bonds. The minimum absolute atomic E-state index is 0.0918. The fraction of sp³-hybridized carbons (Fsp3) is 0.250. The lowest BCUT2D eigenvalue weighted by Crippen LogP contribution is -2.31. The van der Waals surface area contributed by atoms with Crippen molar-refractivity contribution in [2.45, 2.75) is 29.6 Å². The number of hydrogen-bond acceptors (Lipinski definition) is 7. The van der Waals surface area contributed by atoms with E-state index in [4.69, 9.17) is 16.3 Å². The minimum atomic E-state index is -3.91. The Morgan fingerprint density at radius 2 is 1.97 bits per heavy atom. The van der Waals surface area contributed by atoms with Crippen LogP contribution in [-0.2, 0) is 16.4 Å². The van der Waals surface area contributed by atoms with Crippen molar-refractivity contribution in [1.82, 2.24) is 14.9 Å². The van der Waals surface area contributed by atoms with Gasteiger partial charge in [0.2, 0.25) is 9.47 Å². The summed E-state index contributed by atoms with van der Waals surface area (Å²) in [6, 6.07) is 11.6. The summed E-state index contributed by atoms with van der Waals surface area (Å²) < 4.78 is 33.5. The minimum Gasteiger partial charge on any atom is -0.497 e. The number of aryl methyl sites for hydroxylation is 1. The van der Waals surface area contributed by atoms with Crippen LogP contribution < -0.4 is 14.8 Å². The number of nitrogens with one attached hydrogen (secondary N) is 2. The summed E-state index contributed by atoms with van der Waals surface area (Å²) >= 11 is 6.62. The molecule has 2 aromatic carbocycles. The smallest absolute Gasteiger partial charge is 0.270 e. The van der Waals surface area contributed by atoms with E-state index in [0.717, 1.165) is 41.1 Å². The van der Waals surface area contributed by atoms with Gasteiger partial charge in [-0.1, -0.05) is 29.0 Å². The molecule has 0 spiro atoms. The van der Waals surface area contributed by atoms with E-state index in [1.165, 1.54) is 0 Å². The van der Waals surface area contributed by atoms with Crippen LogP contribution >= 0.6 is 22.9 Å². The van der Waals surface area contributed by atoms with Crippen LogP contribution in [0.3, 0.4) is 0 Å². The van der Waals surface area contributed by atoms with E-state index in [2.05, 4.69) is 20.2 Å². The first kappa shape index (κ1) is 21.7. The lowest BCUT2D eigenvalue weighted by Gasteiger charge is -2.26. The highest BCUT2D eigenvalue weighted by Crippen LogP contribution is 2.33.